The van der Waals surface area contributed by atoms with Crippen LogP contribution in [-0.2, 0) is 4.74 Å². The molecule has 2 nitrogen and oxygen atoms in total. The van der Waals surface area contributed by atoms with Gasteiger partial charge in [-0.05, 0) is 44.4 Å². The predicted octanol–water partition coefficient (Wildman–Crippen LogP) is 2.57. The summed E-state index contributed by atoms with van der Waals surface area (Å²) < 4.78 is 5.31. The van der Waals surface area contributed by atoms with Gasteiger partial charge in [-0.25, -0.2) is 0 Å². The van der Waals surface area contributed by atoms with Crippen LogP contribution in [0.1, 0.15) is 46.0 Å². The van der Waals surface area contributed by atoms with E-state index in [0.717, 1.165) is 12.3 Å². The number of rotatable bonds is 4. The second-order valence-corrected chi connectivity index (χ2v) is 4.79. The Balaban J connectivity index is 2.40. The molecule has 2 N–H and O–H groups in total. The lowest BCUT2D eigenvalue weighted by molar-refractivity contribution is 0.0755. The third-order valence-electron chi connectivity index (χ3n) is 3.76. The lowest BCUT2D eigenvalue weighted by atomic mass is 9.75. The minimum atomic E-state index is 0.363. The van der Waals surface area contributed by atoms with E-state index in [0.29, 0.717) is 18.1 Å². The van der Waals surface area contributed by atoms with Gasteiger partial charge in [0.1, 0.15) is 0 Å². The normalized spacial score (nSPS) is 35.6. The van der Waals surface area contributed by atoms with E-state index in [1.807, 2.05) is 0 Å². The standard InChI is InChI=1S/C12H25NO/c1-4-10-5-6-12(13)11(8-10)7-9(2)14-3/h9-12H,4-8,13H2,1-3H3. The van der Waals surface area contributed by atoms with Crippen molar-refractivity contribution in [2.45, 2.75) is 58.1 Å². The van der Waals surface area contributed by atoms with Crippen LogP contribution < -0.4 is 5.73 Å². The highest BCUT2D eigenvalue weighted by molar-refractivity contribution is 4.83. The molecule has 0 radical (unpaired) electrons. The van der Waals surface area contributed by atoms with Crippen molar-refractivity contribution in [1.82, 2.24) is 0 Å². The summed E-state index contributed by atoms with van der Waals surface area (Å²) in [6.45, 7) is 4.43. The van der Waals surface area contributed by atoms with Crippen LogP contribution in [-0.4, -0.2) is 19.3 Å². The first-order valence-corrected chi connectivity index (χ1v) is 5.95. The molecule has 0 heterocycles. The summed E-state index contributed by atoms with van der Waals surface area (Å²) in [5, 5.41) is 0. The summed E-state index contributed by atoms with van der Waals surface area (Å²) in [5.74, 6) is 1.59. The molecule has 1 aliphatic carbocycles. The van der Waals surface area contributed by atoms with Crippen LogP contribution in [0.15, 0.2) is 0 Å². The number of ether oxygens (including phenoxy) is 1. The number of hydrogen-bond acceptors (Lipinski definition) is 2. The maximum atomic E-state index is 6.14. The van der Waals surface area contributed by atoms with E-state index >= 15 is 0 Å². The van der Waals surface area contributed by atoms with Crippen LogP contribution in [0.3, 0.4) is 0 Å². The highest BCUT2D eigenvalue weighted by Crippen LogP contribution is 2.33. The molecule has 0 saturated heterocycles. The quantitative estimate of drug-likeness (QED) is 0.755. The largest absolute Gasteiger partial charge is 0.382 e. The Morgan fingerprint density at radius 1 is 1.43 bits per heavy atom. The number of nitrogens with two attached hydrogens (primary N) is 1. The van der Waals surface area contributed by atoms with E-state index in [1.54, 1.807) is 7.11 Å². The molecule has 1 fully saturated rings. The Morgan fingerprint density at radius 2 is 2.14 bits per heavy atom. The van der Waals surface area contributed by atoms with Crippen LogP contribution in [0.2, 0.25) is 0 Å². The van der Waals surface area contributed by atoms with Crippen molar-refractivity contribution in [2.75, 3.05) is 7.11 Å². The molecule has 0 bridgehead atoms. The van der Waals surface area contributed by atoms with Gasteiger partial charge in [0.2, 0.25) is 0 Å². The van der Waals surface area contributed by atoms with E-state index in [1.165, 1.54) is 25.7 Å². The molecule has 0 aromatic heterocycles. The summed E-state index contributed by atoms with van der Waals surface area (Å²) in [4.78, 5) is 0. The van der Waals surface area contributed by atoms with Crippen molar-refractivity contribution in [2.24, 2.45) is 17.6 Å². The summed E-state index contributed by atoms with van der Waals surface area (Å²) in [6.07, 6.45) is 6.65. The van der Waals surface area contributed by atoms with E-state index < -0.39 is 0 Å². The van der Waals surface area contributed by atoms with Gasteiger partial charge in [-0.1, -0.05) is 13.3 Å². The number of hydrogen-bond donors (Lipinski definition) is 1. The van der Waals surface area contributed by atoms with E-state index in [2.05, 4.69) is 13.8 Å². The fourth-order valence-corrected chi connectivity index (χ4v) is 2.55. The van der Waals surface area contributed by atoms with E-state index in [4.69, 9.17) is 10.5 Å². The minimum absolute atomic E-state index is 0.363. The van der Waals surface area contributed by atoms with Gasteiger partial charge in [0.15, 0.2) is 0 Å². The van der Waals surface area contributed by atoms with Crippen molar-refractivity contribution < 1.29 is 4.74 Å². The molecule has 1 rings (SSSR count). The minimum Gasteiger partial charge on any atom is -0.382 e. The van der Waals surface area contributed by atoms with Crippen molar-refractivity contribution in [1.29, 1.82) is 0 Å². The summed E-state index contributed by atoms with van der Waals surface area (Å²) >= 11 is 0. The van der Waals surface area contributed by atoms with Gasteiger partial charge in [-0.3, -0.25) is 0 Å². The lowest BCUT2D eigenvalue weighted by Gasteiger charge is -2.34. The van der Waals surface area contributed by atoms with Crippen molar-refractivity contribution >= 4 is 0 Å². The van der Waals surface area contributed by atoms with Crippen molar-refractivity contribution in [3.63, 3.8) is 0 Å². The monoisotopic (exact) mass is 199 g/mol. The Bertz CT molecular complexity index is 158. The van der Waals surface area contributed by atoms with Crippen LogP contribution in [0.4, 0.5) is 0 Å². The second kappa shape index (κ2) is 5.72. The zero-order chi connectivity index (χ0) is 10.6. The highest BCUT2D eigenvalue weighted by atomic mass is 16.5. The first kappa shape index (κ1) is 12.0. The fraction of sp³-hybridized carbons (Fsp3) is 1.00. The Hall–Kier alpha value is -0.0800. The summed E-state index contributed by atoms with van der Waals surface area (Å²) in [7, 11) is 1.79. The van der Waals surface area contributed by atoms with Crippen LogP contribution >= 0.6 is 0 Å². The van der Waals surface area contributed by atoms with Crippen LogP contribution in [0.5, 0.6) is 0 Å². The van der Waals surface area contributed by atoms with Crippen LogP contribution in [0.25, 0.3) is 0 Å². The second-order valence-electron chi connectivity index (χ2n) is 4.79. The van der Waals surface area contributed by atoms with E-state index in [9.17, 15) is 0 Å². The van der Waals surface area contributed by atoms with E-state index in [-0.39, 0.29) is 0 Å². The van der Waals surface area contributed by atoms with Gasteiger partial charge >= 0.3 is 0 Å². The topological polar surface area (TPSA) is 35.2 Å². The maximum Gasteiger partial charge on any atom is 0.0546 e. The molecule has 0 aromatic rings. The average Bonchev–Trinajstić information content (AvgIpc) is 2.21. The molecule has 0 spiro atoms. The predicted molar refractivity (Wildman–Crippen MR) is 60.2 cm³/mol. The average molecular weight is 199 g/mol. The lowest BCUT2D eigenvalue weighted by Crippen LogP contribution is -2.37. The fourth-order valence-electron chi connectivity index (χ4n) is 2.55. The van der Waals surface area contributed by atoms with Crippen LogP contribution in [0, 0.1) is 11.8 Å². The molecule has 84 valence electrons. The summed E-state index contributed by atoms with van der Waals surface area (Å²) in [5.41, 5.74) is 6.14. The molecule has 0 aromatic carbocycles. The van der Waals surface area contributed by atoms with Crippen molar-refractivity contribution in [3.8, 4) is 0 Å². The molecule has 2 heteroatoms. The van der Waals surface area contributed by atoms with Gasteiger partial charge in [0.05, 0.1) is 6.10 Å². The van der Waals surface area contributed by atoms with Crippen molar-refractivity contribution in [3.05, 3.63) is 0 Å². The van der Waals surface area contributed by atoms with Gasteiger partial charge in [0.25, 0.3) is 0 Å². The highest BCUT2D eigenvalue weighted by Gasteiger charge is 2.28. The zero-order valence-electron chi connectivity index (χ0n) is 9.83. The Kier molecular flexibility index (Phi) is 4.90. The maximum absolute atomic E-state index is 6.14. The Labute approximate surface area is 88.2 Å². The molecule has 1 aliphatic rings. The first-order chi connectivity index (χ1) is 6.67. The summed E-state index contributed by atoms with van der Waals surface area (Å²) in [6, 6.07) is 0.412. The van der Waals surface area contributed by atoms with Gasteiger partial charge in [0, 0.05) is 13.2 Å². The molecule has 0 amide bonds. The molecule has 4 atom stereocenters. The van der Waals surface area contributed by atoms with Gasteiger partial charge in [-0.2, -0.15) is 0 Å². The molecule has 4 unspecified atom stereocenters. The first-order valence-electron chi connectivity index (χ1n) is 5.95. The van der Waals surface area contributed by atoms with Gasteiger partial charge in [-0.15, -0.1) is 0 Å². The molecule has 14 heavy (non-hydrogen) atoms. The SMILES string of the molecule is CCC1CCC(N)C(CC(C)OC)C1. The smallest absolute Gasteiger partial charge is 0.0546 e. The molecular weight excluding hydrogens is 174 g/mol. The molecule has 0 aliphatic heterocycles. The van der Waals surface area contributed by atoms with Gasteiger partial charge < -0.3 is 10.5 Å². The molecular formula is C12H25NO. The number of methoxy groups -OCH3 is 1. The molecule has 1 saturated carbocycles. The third kappa shape index (κ3) is 3.25. The Morgan fingerprint density at radius 3 is 2.71 bits per heavy atom. The third-order valence-corrected chi connectivity index (χ3v) is 3.76. The zero-order valence-corrected chi connectivity index (χ0v) is 9.83.